The highest BCUT2D eigenvalue weighted by molar-refractivity contribution is 5.75. The summed E-state index contributed by atoms with van der Waals surface area (Å²) in [5.41, 5.74) is 1.01. The number of pyridine rings is 1. The largest absolute Gasteiger partial charge is 0.468 e. The van der Waals surface area contributed by atoms with E-state index in [4.69, 9.17) is 0 Å². The first-order valence-electron chi connectivity index (χ1n) is 4.42. The molecule has 0 aliphatic rings. The highest BCUT2D eigenvalue weighted by Gasteiger charge is 2.16. The van der Waals surface area contributed by atoms with E-state index < -0.39 is 0 Å². The molecule has 0 amide bonds. The lowest BCUT2D eigenvalue weighted by Gasteiger charge is -2.12. The quantitative estimate of drug-likeness (QED) is 0.704. The van der Waals surface area contributed by atoms with Crippen LogP contribution in [0.1, 0.15) is 5.56 Å². The Hall–Kier alpha value is -1.42. The fraction of sp³-hybridized carbons (Fsp3) is 0.400. The van der Waals surface area contributed by atoms with Crippen molar-refractivity contribution >= 4 is 5.97 Å². The lowest BCUT2D eigenvalue weighted by atomic mass is 10.1. The lowest BCUT2D eigenvalue weighted by molar-refractivity contribution is -0.142. The number of rotatable bonds is 4. The van der Waals surface area contributed by atoms with Crippen LogP contribution in [0.5, 0.6) is 0 Å². The van der Waals surface area contributed by atoms with Crippen molar-refractivity contribution in [2.75, 3.05) is 14.2 Å². The fourth-order valence-electron chi connectivity index (χ4n) is 1.20. The average Bonchev–Trinajstić information content (AvgIpc) is 2.26. The van der Waals surface area contributed by atoms with Crippen molar-refractivity contribution in [3.05, 3.63) is 30.1 Å². The third-order valence-electron chi connectivity index (χ3n) is 2.00. The maximum atomic E-state index is 11.2. The Morgan fingerprint density at radius 1 is 1.71 bits per heavy atom. The zero-order valence-corrected chi connectivity index (χ0v) is 8.36. The smallest absolute Gasteiger partial charge is 0.323 e. The summed E-state index contributed by atoms with van der Waals surface area (Å²) in [6.07, 6.45) is 4.04. The zero-order chi connectivity index (χ0) is 10.4. The third-order valence-corrected chi connectivity index (χ3v) is 2.00. The summed E-state index contributed by atoms with van der Waals surface area (Å²) in [5, 5.41) is 2.90. The van der Waals surface area contributed by atoms with Crippen LogP contribution >= 0.6 is 0 Å². The number of carbonyl (C=O) groups is 1. The number of carbonyl (C=O) groups excluding carboxylic acids is 1. The molecular formula is C10H14N2O2. The first kappa shape index (κ1) is 10.7. The summed E-state index contributed by atoms with van der Waals surface area (Å²) in [6, 6.07) is 3.48. The molecule has 1 aromatic heterocycles. The molecule has 0 aliphatic heterocycles. The van der Waals surface area contributed by atoms with Gasteiger partial charge in [-0.05, 0) is 25.1 Å². The Bertz CT molecular complexity index is 287. The van der Waals surface area contributed by atoms with Gasteiger partial charge >= 0.3 is 5.97 Å². The van der Waals surface area contributed by atoms with Gasteiger partial charge in [0.2, 0.25) is 0 Å². The van der Waals surface area contributed by atoms with Gasteiger partial charge in [-0.3, -0.25) is 9.78 Å². The van der Waals surface area contributed by atoms with E-state index in [0.29, 0.717) is 6.42 Å². The number of hydrogen-bond acceptors (Lipinski definition) is 4. The number of nitrogens with one attached hydrogen (secondary N) is 1. The van der Waals surface area contributed by atoms with Gasteiger partial charge in [-0.2, -0.15) is 0 Å². The maximum absolute atomic E-state index is 11.2. The Balaban J connectivity index is 2.62. The highest BCUT2D eigenvalue weighted by atomic mass is 16.5. The summed E-state index contributed by atoms with van der Waals surface area (Å²) in [6.45, 7) is 0. The highest BCUT2D eigenvalue weighted by Crippen LogP contribution is 2.02. The molecule has 0 aliphatic carbocycles. The van der Waals surface area contributed by atoms with Gasteiger partial charge in [0, 0.05) is 12.4 Å². The summed E-state index contributed by atoms with van der Waals surface area (Å²) < 4.78 is 4.65. The van der Waals surface area contributed by atoms with Crippen molar-refractivity contribution in [2.45, 2.75) is 12.5 Å². The molecule has 0 saturated carbocycles. The van der Waals surface area contributed by atoms with Crippen molar-refractivity contribution in [2.24, 2.45) is 0 Å². The summed E-state index contributed by atoms with van der Waals surface area (Å²) >= 11 is 0. The van der Waals surface area contributed by atoms with Gasteiger partial charge in [-0.1, -0.05) is 6.07 Å². The molecule has 1 rings (SSSR count). The summed E-state index contributed by atoms with van der Waals surface area (Å²) in [4.78, 5) is 15.2. The lowest BCUT2D eigenvalue weighted by Crippen LogP contribution is -2.36. The first-order valence-corrected chi connectivity index (χ1v) is 4.42. The van der Waals surface area contributed by atoms with E-state index >= 15 is 0 Å². The number of nitrogens with zero attached hydrogens (tertiary/aromatic N) is 1. The SMILES string of the molecule is CN[C@@H](Cc1cccnc1)C(=O)OC. The molecule has 14 heavy (non-hydrogen) atoms. The topological polar surface area (TPSA) is 51.2 Å². The van der Waals surface area contributed by atoms with E-state index in [-0.39, 0.29) is 12.0 Å². The Labute approximate surface area is 83.3 Å². The van der Waals surface area contributed by atoms with Crippen LogP contribution in [0.25, 0.3) is 0 Å². The van der Waals surface area contributed by atoms with Crippen LogP contribution in [-0.4, -0.2) is 31.2 Å². The number of methoxy groups -OCH3 is 1. The van der Waals surface area contributed by atoms with Gasteiger partial charge < -0.3 is 10.1 Å². The molecule has 0 fully saturated rings. The molecule has 1 heterocycles. The van der Waals surface area contributed by atoms with Gasteiger partial charge in [-0.25, -0.2) is 0 Å². The number of likely N-dealkylation sites (N-methyl/N-ethyl adjacent to an activating group) is 1. The predicted octanol–water partition coefficient (Wildman–Crippen LogP) is 0.385. The van der Waals surface area contributed by atoms with Gasteiger partial charge in [0.25, 0.3) is 0 Å². The van der Waals surface area contributed by atoms with Crippen molar-refractivity contribution in [1.82, 2.24) is 10.3 Å². The minimum atomic E-state index is -0.302. The van der Waals surface area contributed by atoms with Crippen molar-refractivity contribution in [3.8, 4) is 0 Å². The number of aromatic nitrogens is 1. The Kier molecular flexibility index (Phi) is 4.07. The molecule has 1 N–H and O–H groups in total. The van der Waals surface area contributed by atoms with Crippen molar-refractivity contribution < 1.29 is 9.53 Å². The second-order valence-electron chi connectivity index (χ2n) is 2.93. The van der Waals surface area contributed by atoms with Crippen LogP contribution < -0.4 is 5.32 Å². The molecular weight excluding hydrogens is 180 g/mol. The van der Waals surface area contributed by atoms with Crippen molar-refractivity contribution in [1.29, 1.82) is 0 Å². The molecule has 76 valence electrons. The van der Waals surface area contributed by atoms with E-state index in [9.17, 15) is 4.79 Å². The first-order chi connectivity index (χ1) is 6.77. The van der Waals surface area contributed by atoms with Crippen LogP contribution in [0, 0.1) is 0 Å². The number of ether oxygens (including phenoxy) is 1. The normalized spacial score (nSPS) is 12.1. The predicted molar refractivity (Wildman–Crippen MR) is 52.8 cm³/mol. The molecule has 0 radical (unpaired) electrons. The second-order valence-corrected chi connectivity index (χ2v) is 2.93. The van der Waals surface area contributed by atoms with E-state index in [1.54, 1.807) is 19.4 Å². The van der Waals surface area contributed by atoms with Gasteiger partial charge in [0.05, 0.1) is 7.11 Å². The summed E-state index contributed by atoms with van der Waals surface area (Å²) in [5.74, 6) is -0.253. The Morgan fingerprint density at radius 3 is 3.00 bits per heavy atom. The maximum Gasteiger partial charge on any atom is 0.323 e. The Morgan fingerprint density at radius 2 is 2.50 bits per heavy atom. The molecule has 0 bridgehead atoms. The standard InChI is InChI=1S/C10H14N2O2/c1-11-9(10(13)14-2)6-8-4-3-5-12-7-8/h3-5,7,9,11H,6H2,1-2H3/t9-/m0/s1. The van der Waals surface area contributed by atoms with Crippen LogP contribution in [0.3, 0.4) is 0 Å². The number of hydrogen-bond donors (Lipinski definition) is 1. The third kappa shape index (κ3) is 2.81. The van der Waals surface area contributed by atoms with Gasteiger partial charge in [0.15, 0.2) is 0 Å². The molecule has 0 saturated heterocycles. The monoisotopic (exact) mass is 194 g/mol. The fourth-order valence-corrected chi connectivity index (χ4v) is 1.20. The van der Waals surface area contributed by atoms with E-state index in [1.165, 1.54) is 7.11 Å². The molecule has 0 unspecified atom stereocenters. The molecule has 1 atom stereocenters. The molecule has 4 nitrogen and oxygen atoms in total. The van der Waals surface area contributed by atoms with Gasteiger partial charge in [0.1, 0.15) is 6.04 Å². The number of esters is 1. The van der Waals surface area contributed by atoms with E-state index in [1.807, 2.05) is 12.1 Å². The van der Waals surface area contributed by atoms with Crippen molar-refractivity contribution in [3.63, 3.8) is 0 Å². The molecule has 1 aromatic rings. The van der Waals surface area contributed by atoms with E-state index in [2.05, 4.69) is 15.0 Å². The average molecular weight is 194 g/mol. The van der Waals surface area contributed by atoms with E-state index in [0.717, 1.165) is 5.56 Å². The minimum Gasteiger partial charge on any atom is -0.468 e. The summed E-state index contributed by atoms with van der Waals surface area (Å²) in [7, 11) is 3.12. The van der Waals surface area contributed by atoms with Crippen LogP contribution in [0.2, 0.25) is 0 Å². The molecule has 0 spiro atoms. The minimum absolute atomic E-state index is 0.253. The van der Waals surface area contributed by atoms with Crippen LogP contribution in [-0.2, 0) is 16.0 Å². The molecule has 0 aromatic carbocycles. The van der Waals surface area contributed by atoms with Crippen LogP contribution in [0.15, 0.2) is 24.5 Å². The van der Waals surface area contributed by atoms with Gasteiger partial charge in [-0.15, -0.1) is 0 Å². The van der Waals surface area contributed by atoms with Crippen LogP contribution in [0.4, 0.5) is 0 Å². The second kappa shape index (κ2) is 5.34. The zero-order valence-electron chi connectivity index (χ0n) is 8.36. The molecule has 4 heteroatoms.